The average molecular weight is 150 g/mol. The standard InChI is InChI=1S/C10H14O/c1-10(2,11-3)9-7-5-4-6-8-9/h4-8H,1-3H3. The van der Waals surface area contributed by atoms with E-state index < -0.39 is 0 Å². The van der Waals surface area contributed by atoms with Crippen LogP contribution in [0.3, 0.4) is 0 Å². The third-order valence-electron chi connectivity index (χ3n) is 1.98. The van der Waals surface area contributed by atoms with Crippen molar-refractivity contribution >= 4 is 0 Å². The number of benzene rings is 1. The number of rotatable bonds is 2. The van der Waals surface area contributed by atoms with Gasteiger partial charge in [0.2, 0.25) is 0 Å². The average Bonchev–Trinajstić information content (AvgIpc) is 2.06. The van der Waals surface area contributed by atoms with Crippen LogP contribution in [0.4, 0.5) is 0 Å². The first-order valence-electron chi connectivity index (χ1n) is 3.77. The zero-order valence-electron chi connectivity index (χ0n) is 7.29. The minimum absolute atomic E-state index is 0.165. The van der Waals surface area contributed by atoms with Gasteiger partial charge in [-0.25, -0.2) is 0 Å². The van der Waals surface area contributed by atoms with Crippen molar-refractivity contribution in [3.05, 3.63) is 35.9 Å². The topological polar surface area (TPSA) is 9.23 Å². The van der Waals surface area contributed by atoms with E-state index in [4.69, 9.17) is 4.74 Å². The summed E-state index contributed by atoms with van der Waals surface area (Å²) in [5.41, 5.74) is 1.05. The van der Waals surface area contributed by atoms with Crippen LogP contribution in [-0.2, 0) is 10.3 Å². The fourth-order valence-electron chi connectivity index (χ4n) is 0.957. The Morgan fingerprint density at radius 1 is 1.09 bits per heavy atom. The molecule has 0 aliphatic heterocycles. The molecule has 0 radical (unpaired) electrons. The van der Waals surface area contributed by atoms with E-state index in [1.54, 1.807) is 7.11 Å². The van der Waals surface area contributed by atoms with Gasteiger partial charge in [0.25, 0.3) is 0 Å². The molecule has 0 unspecified atom stereocenters. The van der Waals surface area contributed by atoms with E-state index in [0.29, 0.717) is 0 Å². The van der Waals surface area contributed by atoms with Gasteiger partial charge < -0.3 is 4.74 Å². The quantitative estimate of drug-likeness (QED) is 0.629. The van der Waals surface area contributed by atoms with Gasteiger partial charge in [0.15, 0.2) is 0 Å². The highest BCUT2D eigenvalue weighted by Gasteiger charge is 2.17. The van der Waals surface area contributed by atoms with Crippen LogP contribution < -0.4 is 0 Å². The summed E-state index contributed by atoms with van der Waals surface area (Å²) in [5, 5.41) is 0. The molecule has 0 atom stereocenters. The maximum Gasteiger partial charge on any atom is 0.0871 e. The second-order valence-corrected chi connectivity index (χ2v) is 3.08. The summed E-state index contributed by atoms with van der Waals surface area (Å²) in [7, 11) is 1.73. The molecule has 1 aromatic carbocycles. The van der Waals surface area contributed by atoms with Gasteiger partial charge >= 0.3 is 0 Å². The maximum atomic E-state index is 5.32. The fraction of sp³-hybridized carbons (Fsp3) is 0.400. The Bertz CT molecular complexity index is 214. The van der Waals surface area contributed by atoms with Crippen molar-refractivity contribution < 1.29 is 4.74 Å². The van der Waals surface area contributed by atoms with E-state index >= 15 is 0 Å². The van der Waals surface area contributed by atoms with Crippen molar-refractivity contribution in [2.45, 2.75) is 19.4 Å². The normalized spacial score (nSPS) is 11.5. The van der Waals surface area contributed by atoms with Crippen LogP contribution in [0.15, 0.2) is 30.3 Å². The van der Waals surface area contributed by atoms with Crippen molar-refractivity contribution in [3.8, 4) is 0 Å². The summed E-state index contributed by atoms with van der Waals surface area (Å²) >= 11 is 0. The third kappa shape index (κ3) is 1.81. The second-order valence-electron chi connectivity index (χ2n) is 3.08. The maximum absolute atomic E-state index is 5.32. The van der Waals surface area contributed by atoms with E-state index in [0.717, 1.165) is 0 Å². The number of hydrogen-bond acceptors (Lipinski definition) is 1. The summed E-state index contributed by atoms with van der Waals surface area (Å²) < 4.78 is 5.32. The Morgan fingerprint density at radius 3 is 2.09 bits per heavy atom. The van der Waals surface area contributed by atoms with Crippen LogP contribution in [0, 0.1) is 0 Å². The Balaban J connectivity index is 2.93. The fourth-order valence-corrected chi connectivity index (χ4v) is 0.957. The third-order valence-corrected chi connectivity index (χ3v) is 1.98. The predicted molar refractivity (Wildman–Crippen MR) is 46.5 cm³/mol. The molecule has 0 N–H and O–H groups in total. The van der Waals surface area contributed by atoms with E-state index in [9.17, 15) is 0 Å². The molecule has 0 saturated heterocycles. The van der Waals surface area contributed by atoms with Crippen molar-refractivity contribution in [2.75, 3.05) is 7.11 Å². The van der Waals surface area contributed by atoms with Crippen LogP contribution in [-0.4, -0.2) is 7.11 Å². The molecule has 60 valence electrons. The van der Waals surface area contributed by atoms with Crippen LogP contribution in [0.25, 0.3) is 0 Å². The van der Waals surface area contributed by atoms with Gasteiger partial charge in [-0.2, -0.15) is 0 Å². The first-order chi connectivity index (χ1) is 5.17. The monoisotopic (exact) mass is 150 g/mol. The van der Waals surface area contributed by atoms with Crippen molar-refractivity contribution in [1.29, 1.82) is 0 Å². The molecule has 1 aromatic rings. The predicted octanol–water partition coefficient (Wildman–Crippen LogP) is 2.57. The van der Waals surface area contributed by atoms with Crippen LogP contribution in [0.5, 0.6) is 0 Å². The van der Waals surface area contributed by atoms with Gasteiger partial charge in [-0.05, 0) is 19.4 Å². The zero-order chi connectivity index (χ0) is 8.32. The summed E-state index contributed by atoms with van der Waals surface area (Å²) in [5.74, 6) is 0. The molecule has 1 rings (SSSR count). The SMILES string of the molecule is COC(C)(C)c1ccccc1. The Labute approximate surface area is 68.0 Å². The number of hydrogen-bond donors (Lipinski definition) is 0. The molecule has 0 amide bonds. The van der Waals surface area contributed by atoms with Crippen LogP contribution in [0.2, 0.25) is 0 Å². The first kappa shape index (κ1) is 8.28. The summed E-state index contributed by atoms with van der Waals surface area (Å²) in [6.07, 6.45) is 0. The lowest BCUT2D eigenvalue weighted by atomic mass is 9.98. The lowest BCUT2D eigenvalue weighted by Gasteiger charge is -2.22. The minimum Gasteiger partial charge on any atom is -0.374 e. The molecule has 0 spiro atoms. The van der Waals surface area contributed by atoms with E-state index in [1.165, 1.54) is 5.56 Å². The molecule has 0 aliphatic rings. The molecule has 0 heterocycles. The lowest BCUT2D eigenvalue weighted by molar-refractivity contribution is 0.0192. The molecule has 0 saturated carbocycles. The van der Waals surface area contributed by atoms with Gasteiger partial charge in [-0.15, -0.1) is 0 Å². The molecule has 0 fully saturated rings. The molecule has 0 aliphatic carbocycles. The Morgan fingerprint density at radius 2 is 1.64 bits per heavy atom. The molecular formula is C10H14O. The van der Waals surface area contributed by atoms with E-state index in [1.807, 2.05) is 18.2 Å². The van der Waals surface area contributed by atoms with Gasteiger partial charge in [0.05, 0.1) is 5.60 Å². The van der Waals surface area contributed by atoms with Crippen molar-refractivity contribution in [1.82, 2.24) is 0 Å². The molecular weight excluding hydrogens is 136 g/mol. The molecule has 1 nitrogen and oxygen atoms in total. The Hall–Kier alpha value is -0.820. The smallest absolute Gasteiger partial charge is 0.0871 e. The zero-order valence-corrected chi connectivity index (χ0v) is 7.29. The first-order valence-corrected chi connectivity index (χ1v) is 3.77. The van der Waals surface area contributed by atoms with Gasteiger partial charge in [-0.1, -0.05) is 30.3 Å². The van der Waals surface area contributed by atoms with Gasteiger partial charge in [-0.3, -0.25) is 0 Å². The van der Waals surface area contributed by atoms with Crippen LogP contribution in [0.1, 0.15) is 19.4 Å². The van der Waals surface area contributed by atoms with Gasteiger partial charge in [0.1, 0.15) is 0 Å². The lowest BCUT2D eigenvalue weighted by Crippen LogP contribution is -2.18. The largest absolute Gasteiger partial charge is 0.374 e. The highest BCUT2D eigenvalue weighted by molar-refractivity contribution is 5.20. The Kier molecular flexibility index (Phi) is 2.30. The number of ether oxygens (including phenoxy) is 1. The van der Waals surface area contributed by atoms with Crippen molar-refractivity contribution in [3.63, 3.8) is 0 Å². The van der Waals surface area contributed by atoms with E-state index in [2.05, 4.69) is 26.0 Å². The van der Waals surface area contributed by atoms with Gasteiger partial charge in [0, 0.05) is 7.11 Å². The highest BCUT2D eigenvalue weighted by atomic mass is 16.5. The second kappa shape index (κ2) is 3.05. The van der Waals surface area contributed by atoms with E-state index in [-0.39, 0.29) is 5.60 Å². The highest BCUT2D eigenvalue weighted by Crippen LogP contribution is 2.22. The molecule has 0 aromatic heterocycles. The summed E-state index contributed by atoms with van der Waals surface area (Å²) in [4.78, 5) is 0. The number of methoxy groups -OCH3 is 1. The summed E-state index contributed by atoms with van der Waals surface area (Å²) in [6.45, 7) is 4.12. The van der Waals surface area contributed by atoms with Crippen molar-refractivity contribution in [2.24, 2.45) is 0 Å². The molecule has 11 heavy (non-hydrogen) atoms. The molecule has 1 heteroatoms. The molecule has 0 bridgehead atoms. The summed E-state index contributed by atoms with van der Waals surface area (Å²) in [6, 6.07) is 10.2. The van der Waals surface area contributed by atoms with Crippen LogP contribution >= 0.6 is 0 Å². The minimum atomic E-state index is -0.165.